The van der Waals surface area contributed by atoms with Crippen LogP contribution < -0.4 is 11.1 Å². The minimum atomic E-state index is -1.21. The standard InChI is InChI=1S/C16H13BrF2N2O3/c1-8(15(22)21-14-5-3-10(18)7-12(14)19)24-16(23)11-6-9(17)2-4-13(11)20/h2-8H,20H2,1H3,(H,21,22)/t8-/m0/s1. The lowest BCUT2D eigenvalue weighted by Crippen LogP contribution is -2.30. The predicted molar refractivity (Wildman–Crippen MR) is 88.4 cm³/mol. The van der Waals surface area contributed by atoms with E-state index < -0.39 is 29.6 Å². The van der Waals surface area contributed by atoms with E-state index in [1.807, 2.05) is 0 Å². The number of anilines is 2. The Balaban J connectivity index is 2.05. The smallest absolute Gasteiger partial charge is 0.341 e. The number of carbonyl (C=O) groups is 2. The average Bonchev–Trinajstić information content (AvgIpc) is 2.52. The van der Waals surface area contributed by atoms with Gasteiger partial charge >= 0.3 is 5.97 Å². The Labute approximate surface area is 144 Å². The van der Waals surface area contributed by atoms with Crippen molar-refractivity contribution in [2.45, 2.75) is 13.0 Å². The molecule has 24 heavy (non-hydrogen) atoms. The van der Waals surface area contributed by atoms with Gasteiger partial charge in [0.15, 0.2) is 6.10 Å². The number of amides is 1. The molecule has 0 saturated carbocycles. The van der Waals surface area contributed by atoms with Crippen molar-refractivity contribution in [2.24, 2.45) is 0 Å². The summed E-state index contributed by atoms with van der Waals surface area (Å²) in [5.41, 5.74) is 5.77. The molecule has 5 nitrogen and oxygen atoms in total. The second-order valence-electron chi connectivity index (χ2n) is 4.89. The number of nitrogens with two attached hydrogens (primary N) is 1. The molecule has 2 rings (SSSR count). The van der Waals surface area contributed by atoms with Gasteiger partial charge in [0.05, 0.1) is 11.3 Å². The van der Waals surface area contributed by atoms with E-state index in [4.69, 9.17) is 10.5 Å². The number of halogens is 3. The SMILES string of the molecule is C[C@H](OC(=O)c1cc(Br)ccc1N)C(=O)Nc1ccc(F)cc1F. The molecule has 0 fully saturated rings. The number of nitrogen functional groups attached to an aromatic ring is 1. The lowest BCUT2D eigenvalue weighted by Gasteiger charge is -2.14. The zero-order valence-electron chi connectivity index (χ0n) is 12.5. The van der Waals surface area contributed by atoms with Crippen molar-refractivity contribution < 1.29 is 23.1 Å². The molecule has 0 saturated heterocycles. The maximum atomic E-state index is 13.5. The van der Waals surface area contributed by atoms with Crippen LogP contribution in [0.3, 0.4) is 0 Å². The number of esters is 1. The quantitative estimate of drug-likeness (QED) is 0.609. The van der Waals surface area contributed by atoms with Gasteiger partial charge in [-0.15, -0.1) is 0 Å². The second-order valence-corrected chi connectivity index (χ2v) is 5.81. The molecule has 3 N–H and O–H groups in total. The topological polar surface area (TPSA) is 81.4 Å². The fourth-order valence-electron chi connectivity index (χ4n) is 1.81. The summed E-state index contributed by atoms with van der Waals surface area (Å²) in [5.74, 6) is -3.26. The predicted octanol–water partition coefficient (Wildman–Crippen LogP) is 3.49. The van der Waals surface area contributed by atoms with E-state index in [0.717, 1.165) is 12.1 Å². The van der Waals surface area contributed by atoms with Gasteiger partial charge in [0.25, 0.3) is 5.91 Å². The van der Waals surface area contributed by atoms with E-state index in [1.165, 1.54) is 19.1 Å². The van der Waals surface area contributed by atoms with Crippen LogP contribution in [0, 0.1) is 11.6 Å². The summed E-state index contributed by atoms with van der Waals surface area (Å²) in [5, 5.41) is 2.22. The molecule has 0 spiro atoms. The Morgan fingerprint density at radius 2 is 1.92 bits per heavy atom. The van der Waals surface area contributed by atoms with Gasteiger partial charge in [-0.25, -0.2) is 13.6 Å². The Kier molecular flexibility index (Phi) is 5.50. The van der Waals surface area contributed by atoms with Gasteiger partial charge in [0.2, 0.25) is 0 Å². The molecule has 2 aromatic carbocycles. The zero-order valence-corrected chi connectivity index (χ0v) is 14.1. The molecule has 1 atom stereocenters. The van der Waals surface area contributed by atoms with E-state index in [9.17, 15) is 18.4 Å². The van der Waals surface area contributed by atoms with E-state index in [2.05, 4.69) is 21.2 Å². The Hall–Kier alpha value is -2.48. The summed E-state index contributed by atoms with van der Waals surface area (Å²) in [6.45, 7) is 1.32. The molecule has 0 unspecified atom stereocenters. The maximum Gasteiger partial charge on any atom is 0.341 e. The monoisotopic (exact) mass is 398 g/mol. The van der Waals surface area contributed by atoms with Crippen LogP contribution >= 0.6 is 15.9 Å². The largest absolute Gasteiger partial charge is 0.449 e. The number of rotatable bonds is 4. The molecule has 0 aromatic heterocycles. The van der Waals surface area contributed by atoms with Gasteiger partial charge in [-0.1, -0.05) is 15.9 Å². The highest BCUT2D eigenvalue weighted by atomic mass is 79.9. The highest BCUT2D eigenvalue weighted by Crippen LogP contribution is 2.20. The first-order chi connectivity index (χ1) is 11.3. The Bertz CT molecular complexity index is 799. The first-order valence-electron chi connectivity index (χ1n) is 6.80. The van der Waals surface area contributed by atoms with E-state index in [-0.39, 0.29) is 16.9 Å². The van der Waals surface area contributed by atoms with E-state index in [1.54, 1.807) is 6.07 Å². The lowest BCUT2D eigenvalue weighted by molar-refractivity contribution is -0.123. The van der Waals surface area contributed by atoms with Crippen molar-refractivity contribution in [2.75, 3.05) is 11.1 Å². The lowest BCUT2D eigenvalue weighted by atomic mass is 10.2. The van der Waals surface area contributed by atoms with E-state index >= 15 is 0 Å². The minimum Gasteiger partial charge on any atom is -0.449 e. The Morgan fingerprint density at radius 3 is 2.58 bits per heavy atom. The number of hydrogen-bond acceptors (Lipinski definition) is 4. The summed E-state index contributed by atoms with van der Waals surface area (Å²) in [4.78, 5) is 24.0. The number of hydrogen-bond donors (Lipinski definition) is 2. The highest BCUT2D eigenvalue weighted by Gasteiger charge is 2.21. The van der Waals surface area contributed by atoms with Crippen LogP contribution in [-0.2, 0) is 9.53 Å². The van der Waals surface area contributed by atoms with Crippen molar-refractivity contribution in [3.8, 4) is 0 Å². The summed E-state index contributed by atoms with van der Waals surface area (Å²) < 4.78 is 32.0. The van der Waals surface area contributed by atoms with Crippen LogP contribution in [0.4, 0.5) is 20.2 Å². The minimum absolute atomic E-state index is 0.0944. The third-order valence-corrected chi connectivity index (χ3v) is 3.57. The molecule has 0 aliphatic heterocycles. The van der Waals surface area contributed by atoms with Gasteiger partial charge in [-0.05, 0) is 37.3 Å². The summed E-state index contributed by atoms with van der Waals surface area (Å²) in [6.07, 6.45) is -1.21. The first kappa shape index (κ1) is 17.9. The number of benzene rings is 2. The Morgan fingerprint density at radius 1 is 1.21 bits per heavy atom. The fourth-order valence-corrected chi connectivity index (χ4v) is 2.17. The van der Waals surface area contributed by atoms with Gasteiger partial charge < -0.3 is 15.8 Å². The molecule has 0 aliphatic carbocycles. The third-order valence-electron chi connectivity index (χ3n) is 3.08. The van der Waals surface area contributed by atoms with Gasteiger partial charge in [-0.2, -0.15) is 0 Å². The summed E-state index contributed by atoms with van der Waals surface area (Å²) in [6, 6.07) is 7.33. The molecule has 1 amide bonds. The first-order valence-corrected chi connectivity index (χ1v) is 7.59. The van der Waals surface area contributed by atoms with Crippen molar-refractivity contribution in [3.63, 3.8) is 0 Å². The van der Waals surface area contributed by atoms with Gasteiger partial charge in [-0.3, -0.25) is 4.79 Å². The molecule has 126 valence electrons. The van der Waals surface area contributed by atoms with E-state index in [0.29, 0.717) is 10.5 Å². The average molecular weight is 399 g/mol. The van der Waals surface area contributed by atoms with Crippen LogP contribution in [0.15, 0.2) is 40.9 Å². The fraction of sp³-hybridized carbons (Fsp3) is 0.125. The van der Waals surface area contributed by atoms with Crippen LogP contribution in [0.5, 0.6) is 0 Å². The molecule has 0 heterocycles. The highest BCUT2D eigenvalue weighted by molar-refractivity contribution is 9.10. The molecule has 8 heteroatoms. The van der Waals surface area contributed by atoms with Crippen molar-refractivity contribution in [1.82, 2.24) is 0 Å². The van der Waals surface area contributed by atoms with Crippen LogP contribution in [0.1, 0.15) is 17.3 Å². The summed E-state index contributed by atoms with van der Waals surface area (Å²) in [7, 11) is 0. The van der Waals surface area contributed by atoms with Crippen molar-refractivity contribution >= 4 is 39.2 Å². The molecule has 2 aromatic rings. The molecular formula is C16H13BrF2N2O3. The third kappa shape index (κ3) is 4.29. The van der Waals surface area contributed by atoms with Crippen LogP contribution in [0.2, 0.25) is 0 Å². The molecular weight excluding hydrogens is 386 g/mol. The van der Waals surface area contributed by atoms with Crippen LogP contribution in [0.25, 0.3) is 0 Å². The maximum absolute atomic E-state index is 13.5. The van der Waals surface area contributed by atoms with Gasteiger partial charge in [0.1, 0.15) is 11.6 Å². The van der Waals surface area contributed by atoms with Crippen molar-refractivity contribution in [3.05, 3.63) is 58.1 Å². The molecule has 0 aliphatic rings. The normalized spacial score (nSPS) is 11.7. The second kappa shape index (κ2) is 7.39. The molecule has 0 bridgehead atoms. The number of ether oxygens (including phenoxy) is 1. The van der Waals surface area contributed by atoms with Gasteiger partial charge in [0, 0.05) is 16.2 Å². The molecule has 0 radical (unpaired) electrons. The summed E-state index contributed by atoms with van der Waals surface area (Å²) >= 11 is 3.20. The zero-order chi connectivity index (χ0) is 17.9. The number of carbonyl (C=O) groups excluding carboxylic acids is 2. The number of nitrogens with one attached hydrogen (secondary N) is 1. The van der Waals surface area contributed by atoms with Crippen molar-refractivity contribution in [1.29, 1.82) is 0 Å². The van der Waals surface area contributed by atoms with Crippen LogP contribution in [-0.4, -0.2) is 18.0 Å².